The Hall–Kier alpha value is -0.790. The van der Waals surface area contributed by atoms with Gasteiger partial charge in [-0.05, 0) is 38.0 Å². The van der Waals surface area contributed by atoms with Gasteiger partial charge in [0.1, 0.15) is 0 Å². The van der Waals surface area contributed by atoms with E-state index in [0.29, 0.717) is 12.0 Å². The summed E-state index contributed by atoms with van der Waals surface area (Å²) in [6, 6.07) is 0.351. The Morgan fingerprint density at radius 1 is 1.42 bits per heavy atom. The van der Waals surface area contributed by atoms with E-state index in [4.69, 9.17) is 5.73 Å². The first-order valence-corrected chi connectivity index (χ1v) is 4.56. The van der Waals surface area contributed by atoms with Crippen molar-refractivity contribution in [3.8, 4) is 0 Å². The summed E-state index contributed by atoms with van der Waals surface area (Å²) >= 11 is 0. The van der Waals surface area contributed by atoms with Gasteiger partial charge in [-0.15, -0.1) is 0 Å². The van der Waals surface area contributed by atoms with Gasteiger partial charge in [-0.2, -0.15) is 0 Å². The van der Waals surface area contributed by atoms with E-state index < -0.39 is 0 Å². The van der Waals surface area contributed by atoms with E-state index in [-0.39, 0.29) is 0 Å². The third kappa shape index (κ3) is 4.16. The van der Waals surface area contributed by atoms with Crippen LogP contribution >= 0.6 is 0 Å². The highest BCUT2D eigenvalue weighted by molar-refractivity contribution is 5.79. The summed E-state index contributed by atoms with van der Waals surface area (Å²) in [5.41, 5.74) is 6.61. The zero-order valence-electron chi connectivity index (χ0n) is 8.54. The van der Waals surface area contributed by atoms with Crippen molar-refractivity contribution in [2.24, 2.45) is 16.6 Å². The fourth-order valence-electron chi connectivity index (χ4n) is 0.805. The van der Waals surface area contributed by atoms with Crippen LogP contribution < -0.4 is 5.73 Å². The van der Waals surface area contributed by atoms with Crippen LogP contribution in [0.3, 0.4) is 0 Å². The van der Waals surface area contributed by atoms with Gasteiger partial charge in [0.25, 0.3) is 0 Å². The van der Waals surface area contributed by atoms with Crippen molar-refractivity contribution in [1.82, 2.24) is 0 Å². The minimum absolute atomic E-state index is 0.351. The van der Waals surface area contributed by atoms with E-state index in [1.54, 1.807) is 6.20 Å². The topological polar surface area (TPSA) is 38.4 Å². The third-order valence-electron chi connectivity index (χ3n) is 1.90. The quantitative estimate of drug-likeness (QED) is 0.643. The highest BCUT2D eigenvalue weighted by Crippen LogP contribution is 2.10. The molecule has 0 rings (SSSR count). The minimum Gasteiger partial charge on any atom is -0.404 e. The predicted octanol–water partition coefficient (Wildman–Crippen LogP) is 2.35. The summed E-state index contributed by atoms with van der Waals surface area (Å²) in [4.78, 5) is 4.29. The average Bonchev–Trinajstić information content (AvgIpc) is 2.04. The van der Waals surface area contributed by atoms with Crippen LogP contribution in [0.1, 0.15) is 34.1 Å². The molecule has 2 nitrogen and oxygen atoms in total. The molecule has 0 aromatic rings. The van der Waals surface area contributed by atoms with Gasteiger partial charge < -0.3 is 5.73 Å². The lowest BCUT2D eigenvalue weighted by atomic mass is 10.0. The first-order chi connectivity index (χ1) is 5.61. The van der Waals surface area contributed by atoms with Crippen LogP contribution in [-0.2, 0) is 0 Å². The second-order valence-electron chi connectivity index (χ2n) is 3.35. The van der Waals surface area contributed by atoms with E-state index in [0.717, 1.165) is 12.0 Å². The Bertz CT molecular complexity index is 169. The van der Waals surface area contributed by atoms with Crippen LogP contribution in [0.4, 0.5) is 0 Å². The molecule has 0 fully saturated rings. The highest BCUT2D eigenvalue weighted by Gasteiger charge is 2.02. The van der Waals surface area contributed by atoms with Crippen molar-refractivity contribution >= 4 is 6.21 Å². The normalized spacial score (nSPS) is 15.9. The lowest BCUT2D eigenvalue weighted by molar-refractivity contribution is 0.677. The smallest absolute Gasteiger partial charge is 0.0443 e. The molecule has 0 amide bonds. The van der Waals surface area contributed by atoms with Gasteiger partial charge in [0.05, 0.1) is 0 Å². The molecule has 0 aliphatic rings. The number of aliphatic imine (C=N–C) groups is 1. The SMILES string of the molecule is CCC(C)C(C=NC(C)C)=CN. The molecule has 0 aliphatic carbocycles. The van der Waals surface area contributed by atoms with Crippen LogP contribution in [0.2, 0.25) is 0 Å². The van der Waals surface area contributed by atoms with Crippen LogP contribution in [0.5, 0.6) is 0 Å². The summed E-state index contributed by atoms with van der Waals surface area (Å²) in [7, 11) is 0. The maximum atomic E-state index is 5.48. The Labute approximate surface area is 75.6 Å². The van der Waals surface area contributed by atoms with E-state index in [1.807, 2.05) is 6.21 Å². The maximum absolute atomic E-state index is 5.48. The lowest BCUT2D eigenvalue weighted by Crippen LogP contribution is -2.03. The van der Waals surface area contributed by atoms with Crippen molar-refractivity contribution in [2.75, 3.05) is 0 Å². The fourth-order valence-corrected chi connectivity index (χ4v) is 0.805. The third-order valence-corrected chi connectivity index (χ3v) is 1.90. The predicted molar refractivity (Wildman–Crippen MR) is 55.4 cm³/mol. The van der Waals surface area contributed by atoms with Crippen LogP contribution in [0.15, 0.2) is 16.8 Å². The molecule has 0 bridgehead atoms. The molecule has 0 saturated carbocycles. The van der Waals surface area contributed by atoms with Gasteiger partial charge in [-0.25, -0.2) is 0 Å². The van der Waals surface area contributed by atoms with Crippen molar-refractivity contribution in [3.63, 3.8) is 0 Å². The zero-order chi connectivity index (χ0) is 9.56. The molecule has 0 saturated heterocycles. The highest BCUT2D eigenvalue weighted by atomic mass is 14.7. The van der Waals surface area contributed by atoms with Gasteiger partial charge in [-0.1, -0.05) is 13.8 Å². The molecule has 12 heavy (non-hydrogen) atoms. The van der Waals surface area contributed by atoms with Gasteiger partial charge in [0.2, 0.25) is 0 Å². The molecule has 0 aromatic heterocycles. The summed E-state index contributed by atoms with van der Waals surface area (Å²) in [6.45, 7) is 8.42. The first kappa shape index (κ1) is 11.2. The van der Waals surface area contributed by atoms with E-state index in [9.17, 15) is 0 Å². The molecule has 0 heterocycles. The number of rotatable bonds is 4. The van der Waals surface area contributed by atoms with Crippen LogP contribution in [-0.4, -0.2) is 12.3 Å². The molecule has 1 atom stereocenters. The summed E-state index contributed by atoms with van der Waals surface area (Å²) < 4.78 is 0. The molecule has 0 radical (unpaired) electrons. The standard InChI is InChI=1S/C10H20N2/c1-5-9(4)10(6-11)7-12-8(2)3/h6-9H,5,11H2,1-4H3. The average molecular weight is 168 g/mol. The van der Waals surface area contributed by atoms with E-state index in [2.05, 4.69) is 32.7 Å². The van der Waals surface area contributed by atoms with Crippen molar-refractivity contribution < 1.29 is 0 Å². The number of nitrogens with two attached hydrogens (primary N) is 1. The molecular formula is C10H20N2. The first-order valence-electron chi connectivity index (χ1n) is 4.56. The Morgan fingerprint density at radius 2 is 2.00 bits per heavy atom. The van der Waals surface area contributed by atoms with Crippen LogP contribution in [0, 0.1) is 5.92 Å². The monoisotopic (exact) mass is 168 g/mol. The molecule has 70 valence electrons. The minimum atomic E-state index is 0.351. The second-order valence-corrected chi connectivity index (χ2v) is 3.35. The van der Waals surface area contributed by atoms with Crippen molar-refractivity contribution in [2.45, 2.75) is 40.2 Å². The molecule has 2 heteroatoms. The molecule has 0 aromatic carbocycles. The molecule has 1 unspecified atom stereocenters. The fraction of sp³-hybridized carbons (Fsp3) is 0.700. The summed E-state index contributed by atoms with van der Waals surface area (Å²) in [6.07, 6.45) is 4.64. The van der Waals surface area contributed by atoms with Gasteiger partial charge in [0.15, 0.2) is 0 Å². The summed E-state index contributed by atoms with van der Waals surface area (Å²) in [5.74, 6) is 0.512. The Kier molecular flexibility index (Phi) is 5.43. The van der Waals surface area contributed by atoms with E-state index >= 15 is 0 Å². The second kappa shape index (κ2) is 5.81. The molecule has 0 aliphatic heterocycles. The number of allylic oxidation sites excluding steroid dienone is 1. The number of hydrogen-bond acceptors (Lipinski definition) is 2. The Balaban J connectivity index is 4.19. The van der Waals surface area contributed by atoms with Crippen molar-refractivity contribution in [1.29, 1.82) is 0 Å². The number of nitrogens with zero attached hydrogens (tertiary/aromatic N) is 1. The van der Waals surface area contributed by atoms with Gasteiger partial charge in [0, 0.05) is 12.3 Å². The molecule has 0 spiro atoms. The van der Waals surface area contributed by atoms with Gasteiger partial charge in [-0.3, -0.25) is 4.99 Å². The maximum Gasteiger partial charge on any atom is 0.0443 e. The lowest BCUT2D eigenvalue weighted by Gasteiger charge is -2.08. The van der Waals surface area contributed by atoms with Crippen LogP contribution in [0.25, 0.3) is 0 Å². The Morgan fingerprint density at radius 3 is 2.33 bits per heavy atom. The van der Waals surface area contributed by atoms with Gasteiger partial charge >= 0.3 is 0 Å². The number of hydrogen-bond donors (Lipinski definition) is 1. The zero-order valence-corrected chi connectivity index (χ0v) is 8.54. The molecular weight excluding hydrogens is 148 g/mol. The largest absolute Gasteiger partial charge is 0.404 e. The van der Waals surface area contributed by atoms with E-state index in [1.165, 1.54) is 0 Å². The van der Waals surface area contributed by atoms with Crippen molar-refractivity contribution in [3.05, 3.63) is 11.8 Å². The summed E-state index contributed by atoms with van der Waals surface area (Å²) in [5, 5.41) is 0. The molecule has 2 N–H and O–H groups in total.